The molecule has 0 amide bonds. The van der Waals surface area contributed by atoms with Gasteiger partial charge < -0.3 is 25.4 Å². The molecular weight excluding hydrogens is 401 g/mol. The van der Waals surface area contributed by atoms with Crippen molar-refractivity contribution < 1.29 is 13.9 Å². The summed E-state index contributed by atoms with van der Waals surface area (Å²) in [5.74, 6) is -0.320. The number of hydrogen-bond donors (Lipinski definition) is 3. The van der Waals surface area contributed by atoms with Gasteiger partial charge in [0.1, 0.15) is 5.82 Å². The van der Waals surface area contributed by atoms with Crippen LogP contribution >= 0.6 is 12.2 Å². The van der Waals surface area contributed by atoms with Crippen LogP contribution in [0.5, 0.6) is 0 Å². The topological polar surface area (TPSA) is 54.5 Å². The van der Waals surface area contributed by atoms with Crippen molar-refractivity contribution in [1.82, 2.24) is 10.6 Å². The van der Waals surface area contributed by atoms with Crippen molar-refractivity contribution >= 4 is 23.0 Å². The molecule has 0 radical (unpaired) electrons. The molecule has 1 fully saturated rings. The van der Waals surface area contributed by atoms with Crippen molar-refractivity contribution in [2.45, 2.75) is 58.8 Å². The van der Waals surface area contributed by atoms with Gasteiger partial charge in [0.15, 0.2) is 17.7 Å². The molecule has 3 N–H and O–H groups in total. The molecule has 0 atom stereocenters. The first-order valence-corrected chi connectivity index (χ1v) is 10.6. The average molecular weight is 432 g/mol. The van der Waals surface area contributed by atoms with Crippen LogP contribution in [0.1, 0.15) is 44.4 Å². The van der Waals surface area contributed by atoms with Crippen LogP contribution < -0.4 is 16.0 Å². The molecule has 30 heavy (non-hydrogen) atoms. The van der Waals surface area contributed by atoms with Crippen LogP contribution in [0.2, 0.25) is 0 Å². The number of nitrogens with one attached hydrogen (secondary N) is 3. The second-order valence-electron chi connectivity index (χ2n) is 8.45. The Morgan fingerprint density at radius 2 is 1.60 bits per heavy atom. The maximum atomic E-state index is 14.3. The van der Waals surface area contributed by atoms with E-state index in [0.29, 0.717) is 30.4 Å². The molecule has 0 aliphatic carbocycles. The third-order valence-corrected chi connectivity index (χ3v) is 5.19. The van der Waals surface area contributed by atoms with E-state index in [2.05, 4.69) is 61.0 Å². The van der Waals surface area contributed by atoms with Gasteiger partial charge in [-0.1, -0.05) is 51.1 Å². The zero-order valence-corrected chi connectivity index (χ0v) is 18.7. The van der Waals surface area contributed by atoms with Gasteiger partial charge >= 0.3 is 0 Å². The van der Waals surface area contributed by atoms with Gasteiger partial charge in [-0.05, 0) is 53.4 Å². The lowest BCUT2D eigenvalue weighted by atomic mass is 9.87. The van der Waals surface area contributed by atoms with Crippen molar-refractivity contribution in [3.8, 4) is 0 Å². The Hall–Kier alpha value is -2.22. The highest BCUT2D eigenvalue weighted by molar-refractivity contribution is 7.80. The normalized spacial score (nSPS) is 18.4. The summed E-state index contributed by atoms with van der Waals surface area (Å²) in [5.41, 5.74) is 3.82. The van der Waals surface area contributed by atoms with Gasteiger partial charge in [-0.3, -0.25) is 0 Å². The summed E-state index contributed by atoms with van der Waals surface area (Å²) in [5, 5.41) is 9.84. The van der Waals surface area contributed by atoms with Gasteiger partial charge in [-0.15, -0.1) is 0 Å². The summed E-state index contributed by atoms with van der Waals surface area (Å²) in [7, 11) is 0. The van der Waals surface area contributed by atoms with Crippen molar-refractivity contribution in [2.24, 2.45) is 0 Å². The summed E-state index contributed by atoms with van der Waals surface area (Å²) in [6, 6.07) is 13.6. The molecule has 0 spiro atoms. The zero-order chi connectivity index (χ0) is 21.7. The minimum absolute atomic E-state index is 0.139. The van der Waals surface area contributed by atoms with Crippen molar-refractivity contribution in [2.75, 3.05) is 11.9 Å². The maximum absolute atomic E-state index is 14.3. The summed E-state index contributed by atoms with van der Waals surface area (Å²) < 4.78 is 24.9. The molecule has 7 heteroatoms. The molecule has 0 saturated carbocycles. The number of ether oxygens (including phenoxy) is 2. The van der Waals surface area contributed by atoms with Crippen LogP contribution in [0.25, 0.3) is 0 Å². The smallest absolute Gasteiger partial charge is 0.180 e. The average Bonchev–Trinajstić information content (AvgIpc) is 2.68. The van der Waals surface area contributed by atoms with Gasteiger partial charge in [0.2, 0.25) is 0 Å². The van der Waals surface area contributed by atoms with Gasteiger partial charge in [0.05, 0.1) is 12.2 Å². The van der Waals surface area contributed by atoms with E-state index in [1.54, 1.807) is 6.07 Å². The first kappa shape index (κ1) is 22.5. The van der Waals surface area contributed by atoms with Gasteiger partial charge in [0.25, 0.3) is 0 Å². The second kappa shape index (κ2) is 9.73. The van der Waals surface area contributed by atoms with E-state index in [-0.39, 0.29) is 23.8 Å². The van der Waals surface area contributed by atoms with E-state index in [9.17, 15) is 4.39 Å². The van der Waals surface area contributed by atoms with Crippen molar-refractivity contribution in [3.63, 3.8) is 0 Å². The predicted molar refractivity (Wildman–Crippen MR) is 122 cm³/mol. The Balaban J connectivity index is 1.41. The van der Waals surface area contributed by atoms with Crippen LogP contribution in [0.3, 0.4) is 0 Å². The minimum atomic E-state index is -0.325. The molecule has 3 rings (SSSR count). The van der Waals surface area contributed by atoms with E-state index < -0.39 is 0 Å². The van der Waals surface area contributed by atoms with Gasteiger partial charge in [-0.25, -0.2) is 4.39 Å². The SMILES string of the molecule is CC1OC(CNc2ccc(CNC(=S)NCc3ccc(C(C)(C)C)cc3)cc2F)O1. The highest BCUT2D eigenvalue weighted by Gasteiger charge is 2.26. The number of anilines is 1. The third kappa shape index (κ3) is 6.39. The lowest BCUT2D eigenvalue weighted by Crippen LogP contribution is -2.43. The molecule has 1 aliphatic rings. The van der Waals surface area contributed by atoms with Crippen LogP contribution in [-0.4, -0.2) is 24.2 Å². The first-order valence-electron chi connectivity index (χ1n) is 10.1. The predicted octanol–water partition coefficient (Wildman–Crippen LogP) is 4.42. The van der Waals surface area contributed by atoms with Crippen LogP contribution in [0.4, 0.5) is 10.1 Å². The number of hydrogen-bond acceptors (Lipinski definition) is 4. The lowest BCUT2D eigenvalue weighted by Gasteiger charge is -2.33. The summed E-state index contributed by atoms with van der Waals surface area (Å²) in [4.78, 5) is 0. The quantitative estimate of drug-likeness (QED) is 0.565. The maximum Gasteiger partial charge on any atom is 0.180 e. The third-order valence-electron chi connectivity index (χ3n) is 4.91. The summed E-state index contributed by atoms with van der Waals surface area (Å²) in [6.07, 6.45) is -0.510. The Kier molecular flexibility index (Phi) is 7.28. The molecule has 0 aromatic heterocycles. The first-order chi connectivity index (χ1) is 14.2. The Morgan fingerprint density at radius 1 is 1.00 bits per heavy atom. The van der Waals surface area contributed by atoms with Gasteiger partial charge in [0, 0.05) is 13.1 Å². The second-order valence-corrected chi connectivity index (χ2v) is 8.86. The molecule has 162 valence electrons. The van der Waals surface area contributed by atoms with E-state index in [0.717, 1.165) is 11.1 Å². The molecule has 1 aliphatic heterocycles. The fraction of sp³-hybridized carbons (Fsp3) is 0.435. The standard InChI is InChI=1S/C23H30FN3O2S/c1-15-28-21(29-15)14-25-20-10-7-17(11-19(20)24)13-27-22(30)26-12-16-5-8-18(9-6-16)23(2,3)4/h5-11,15,21,25H,12-14H2,1-4H3,(H2,26,27,30). The highest BCUT2D eigenvalue weighted by Crippen LogP contribution is 2.22. The fourth-order valence-electron chi connectivity index (χ4n) is 3.09. The molecule has 0 bridgehead atoms. The van der Waals surface area contributed by atoms with E-state index in [1.807, 2.05) is 13.0 Å². The van der Waals surface area contributed by atoms with Crippen molar-refractivity contribution in [1.29, 1.82) is 0 Å². The number of rotatable bonds is 7. The summed E-state index contributed by atoms with van der Waals surface area (Å²) in [6.45, 7) is 9.90. The molecule has 0 unspecified atom stereocenters. The number of benzene rings is 2. The highest BCUT2D eigenvalue weighted by atomic mass is 32.1. The molecule has 2 aromatic rings. The van der Waals surface area contributed by atoms with E-state index >= 15 is 0 Å². The number of halogens is 1. The Morgan fingerprint density at radius 3 is 2.17 bits per heavy atom. The van der Waals surface area contributed by atoms with Gasteiger partial charge in [-0.2, -0.15) is 0 Å². The minimum Gasteiger partial charge on any atom is -0.378 e. The Bertz CT molecular complexity index is 862. The Labute approximate surface area is 183 Å². The molecule has 5 nitrogen and oxygen atoms in total. The fourth-order valence-corrected chi connectivity index (χ4v) is 3.23. The molecule has 1 heterocycles. The number of thiocarbonyl (C=S) groups is 1. The van der Waals surface area contributed by atoms with E-state index in [4.69, 9.17) is 21.7 Å². The van der Waals surface area contributed by atoms with Crippen LogP contribution in [0, 0.1) is 5.82 Å². The van der Waals surface area contributed by atoms with Crippen LogP contribution in [-0.2, 0) is 28.0 Å². The zero-order valence-electron chi connectivity index (χ0n) is 17.9. The molecule has 1 saturated heterocycles. The largest absolute Gasteiger partial charge is 0.378 e. The lowest BCUT2D eigenvalue weighted by molar-refractivity contribution is -0.369. The monoisotopic (exact) mass is 431 g/mol. The van der Waals surface area contributed by atoms with Crippen LogP contribution in [0.15, 0.2) is 42.5 Å². The van der Waals surface area contributed by atoms with Crippen molar-refractivity contribution in [3.05, 3.63) is 65.0 Å². The molecular formula is C23H30FN3O2S. The summed E-state index contributed by atoms with van der Waals surface area (Å²) >= 11 is 5.34. The molecule has 2 aromatic carbocycles. The van der Waals surface area contributed by atoms with E-state index in [1.165, 1.54) is 11.6 Å².